The van der Waals surface area contributed by atoms with Gasteiger partial charge in [0.2, 0.25) is 0 Å². The lowest BCUT2D eigenvalue weighted by molar-refractivity contribution is -0.118. The molecule has 0 aliphatic carbocycles. The summed E-state index contributed by atoms with van der Waals surface area (Å²) < 4.78 is 23.0. The van der Waals surface area contributed by atoms with E-state index in [-0.39, 0.29) is 12.5 Å². The van der Waals surface area contributed by atoms with Gasteiger partial charge < -0.3 is 24.3 Å². The molecule has 9 nitrogen and oxygen atoms in total. The maximum absolute atomic E-state index is 12.6. The van der Waals surface area contributed by atoms with Crippen molar-refractivity contribution in [3.8, 4) is 23.0 Å². The Morgan fingerprint density at radius 1 is 0.974 bits per heavy atom. The SMILES string of the molecule is CCOc1ccc(C(=O)N/N=C/c2cc(I)c(OCC(=O)Nc3ccc(C)c(Cl)c3)c(OCC)c2)cc1OC. The van der Waals surface area contributed by atoms with Crippen molar-refractivity contribution in [3.05, 3.63) is 73.8 Å². The first kappa shape index (κ1) is 30.0. The van der Waals surface area contributed by atoms with Gasteiger partial charge in [-0.1, -0.05) is 17.7 Å². The van der Waals surface area contributed by atoms with Gasteiger partial charge in [0, 0.05) is 16.3 Å². The normalized spacial score (nSPS) is 10.7. The highest BCUT2D eigenvalue weighted by Gasteiger charge is 2.15. The van der Waals surface area contributed by atoms with Crippen LogP contribution in [0.25, 0.3) is 0 Å². The zero-order valence-electron chi connectivity index (χ0n) is 22.0. The van der Waals surface area contributed by atoms with Gasteiger partial charge in [-0.3, -0.25) is 9.59 Å². The Morgan fingerprint density at radius 2 is 1.72 bits per heavy atom. The molecule has 0 radical (unpaired) electrons. The van der Waals surface area contributed by atoms with Crippen LogP contribution in [-0.2, 0) is 4.79 Å². The highest BCUT2D eigenvalue weighted by Crippen LogP contribution is 2.34. The first-order chi connectivity index (χ1) is 18.7. The first-order valence-electron chi connectivity index (χ1n) is 12.0. The largest absolute Gasteiger partial charge is 0.493 e. The van der Waals surface area contributed by atoms with Crippen LogP contribution in [0.4, 0.5) is 5.69 Å². The molecule has 0 aliphatic rings. The molecular weight excluding hydrogens is 637 g/mol. The lowest BCUT2D eigenvalue weighted by Crippen LogP contribution is -2.20. The Hall–Kier alpha value is -3.51. The van der Waals surface area contributed by atoms with Crippen molar-refractivity contribution in [1.29, 1.82) is 0 Å². The van der Waals surface area contributed by atoms with E-state index in [1.54, 1.807) is 42.5 Å². The van der Waals surface area contributed by atoms with Gasteiger partial charge in [0.1, 0.15) is 0 Å². The minimum atomic E-state index is -0.409. The van der Waals surface area contributed by atoms with Gasteiger partial charge in [0.05, 0.1) is 30.1 Å². The van der Waals surface area contributed by atoms with Crippen LogP contribution in [0.2, 0.25) is 5.02 Å². The Morgan fingerprint density at radius 3 is 2.41 bits per heavy atom. The van der Waals surface area contributed by atoms with E-state index in [1.807, 2.05) is 26.8 Å². The van der Waals surface area contributed by atoms with Crippen molar-refractivity contribution in [2.75, 3.05) is 32.2 Å². The number of anilines is 1. The fourth-order valence-electron chi connectivity index (χ4n) is 3.38. The van der Waals surface area contributed by atoms with Crippen molar-refractivity contribution >= 4 is 57.9 Å². The molecule has 2 amide bonds. The van der Waals surface area contributed by atoms with E-state index in [0.717, 1.165) is 5.56 Å². The van der Waals surface area contributed by atoms with Gasteiger partial charge in [0.15, 0.2) is 29.6 Å². The molecule has 39 heavy (non-hydrogen) atoms. The molecule has 0 atom stereocenters. The molecule has 0 bridgehead atoms. The second-order valence-corrected chi connectivity index (χ2v) is 9.63. The highest BCUT2D eigenvalue weighted by atomic mass is 127. The molecule has 206 valence electrons. The van der Waals surface area contributed by atoms with Crippen molar-refractivity contribution in [1.82, 2.24) is 5.43 Å². The molecule has 0 unspecified atom stereocenters. The number of methoxy groups -OCH3 is 1. The zero-order valence-corrected chi connectivity index (χ0v) is 24.9. The van der Waals surface area contributed by atoms with Crippen LogP contribution in [0.15, 0.2) is 53.6 Å². The summed E-state index contributed by atoms with van der Waals surface area (Å²) in [5.41, 5.74) is 5.03. The van der Waals surface area contributed by atoms with Crippen molar-refractivity contribution in [3.63, 3.8) is 0 Å². The molecule has 0 aromatic heterocycles. The summed E-state index contributed by atoms with van der Waals surface area (Å²) in [5.74, 6) is 1.13. The first-order valence-corrected chi connectivity index (χ1v) is 13.5. The van der Waals surface area contributed by atoms with Crippen LogP contribution in [0, 0.1) is 10.5 Å². The van der Waals surface area contributed by atoms with E-state index in [1.165, 1.54) is 13.3 Å². The van der Waals surface area contributed by atoms with Crippen molar-refractivity contribution in [2.24, 2.45) is 5.10 Å². The molecule has 0 saturated carbocycles. The van der Waals surface area contributed by atoms with Gasteiger partial charge >= 0.3 is 0 Å². The van der Waals surface area contributed by atoms with E-state index in [0.29, 0.717) is 61.6 Å². The maximum Gasteiger partial charge on any atom is 0.271 e. The predicted octanol–water partition coefficient (Wildman–Crippen LogP) is 5.84. The zero-order chi connectivity index (χ0) is 28.4. The van der Waals surface area contributed by atoms with Gasteiger partial charge in [-0.25, -0.2) is 5.43 Å². The monoisotopic (exact) mass is 665 g/mol. The van der Waals surface area contributed by atoms with Crippen molar-refractivity contribution < 1.29 is 28.5 Å². The van der Waals surface area contributed by atoms with E-state index in [9.17, 15) is 9.59 Å². The summed E-state index contributed by atoms with van der Waals surface area (Å²) in [6, 6.07) is 13.7. The summed E-state index contributed by atoms with van der Waals surface area (Å²) in [6.07, 6.45) is 1.49. The van der Waals surface area contributed by atoms with E-state index in [2.05, 4.69) is 38.4 Å². The number of hydrogen-bond acceptors (Lipinski definition) is 7. The Balaban J connectivity index is 1.66. The number of halogens is 2. The number of nitrogens with one attached hydrogen (secondary N) is 2. The number of hydrogen-bond donors (Lipinski definition) is 2. The average molecular weight is 666 g/mol. The summed E-state index contributed by atoms with van der Waals surface area (Å²) in [4.78, 5) is 25.0. The lowest BCUT2D eigenvalue weighted by atomic mass is 10.2. The number of aryl methyl sites for hydroxylation is 1. The number of amides is 2. The molecule has 2 N–H and O–H groups in total. The second-order valence-electron chi connectivity index (χ2n) is 8.06. The van der Waals surface area contributed by atoms with Gasteiger partial charge in [-0.05, 0) is 97.0 Å². The van der Waals surface area contributed by atoms with Crippen LogP contribution in [-0.4, -0.2) is 45.0 Å². The highest BCUT2D eigenvalue weighted by molar-refractivity contribution is 14.1. The van der Waals surface area contributed by atoms with Gasteiger partial charge in [-0.2, -0.15) is 5.10 Å². The summed E-state index contributed by atoms with van der Waals surface area (Å²) in [7, 11) is 1.51. The van der Waals surface area contributed by atoms with Gasteiger partial charge in [0.25, 0.3) is 11.8 Å². The average Bonchev–Trinajstić information content (AvgIpc) is 2.90. The third kappa shape index (κ3) is 8.49. The van der Waals surface area contributed by atoms with Crippen molar-refractivity contribution in [2.45, 2.75) is 20.8 Å². The number of rotatable bonds is 12. The van der Waals surface area contributed by atoms with Gasteiger partial charge in [-0.15, -0.1) is 0 Å². The van der Waals surface area contributed by atoms with Crippen LogP contribution in [0.3, 0.4) is 0 Å². The quantitative estimate of drug-likeness (QED) is 0.143. The molecule has 0 aliphatic heterocycles. The minimum absolute atomic E-state index is 0.226. The molecular formula is C28H29ClIN3O6. The molecule has 11 heteroatoms. The molecule has 0 heterocycles. The fourth-order valence-corrected chi connectivity index (χ4v) is 4.35. The summed E-state index contributed by atoms with van der Waals surface area (Å²) in [6.45, 7) is 6.24. The molecule has 0 fully saturated rings. The molecule has 0 spiro atoms. The lowest BCUT2D eigenvalue weighted by Gasteiger charge is -2.15. The fraction of sp³-hybridized carbons (Fsp3) is 0.250. The topological polar surface area (TPSA) is 107 Å². The Bertz CT molecular complexity index is 1370. The van der Waals surface area contributed by atoms with E-state index in [4.69, 9.17) is 30.5 Å². The second kappa shape index (κ2) is 14.6. The Kier molecular flexibility index (Phi) is 11.2. The number of hydrazone groups is 1. The van der Waals surface area contributed by atoms with E-state index >= 15 is 0 Å². The third-order valence-electron chi connectivity index (χ3n) is 5.24. The summed E-state index contributed by atoms with van der Waals surface area (Å²) in [5, 5.41) is 7.39. The number of nitrogens with zero attached hydrogens (tertiary/aromatic N) is 1. The smallest absolute Gasteiger partial charge is 0.271 e. The maximum atomic E-state index is 12.6. The molecule has 0 saturated heterocycles. The standard InChI is InChI=1S/C28H29ClIN3O6/c1-5-37-23-10-8-19(13-24(23)36-4)28(35)33-31-15-18-11-22(30)27(25(12-18)38-6-2)39-16-26(34)32-20-9-7-17(3)21(29)14-20/h7-15H,5-6,16H2,1-4H3,(H,32,34)(H,33,35)/b31-15+. The summed E-state index contributed by atoms with van der Waals surface area (Å²) >= 11 is 8.22. The number of ether oxygens (including phenoxy) is 4. The van der Waals surface area contributed by atoms with Crippen LogP contribution in [0.5, 0.6) is 23.0 Å². The predicted molar refractivity (Wildman–Crippen MR) is 160 cm³/mol. The Labute approximate surface area is 246 Å². The van der Waals surface area contributed by atoms with Crippen LogP contribution in [0.1, 0.15) is 35.3 Å². The number of carbonyl (C=O) groups is 2. The molecule has 3 rings (SSSR count). The van der Waals surface area contributed by atoms with Crippen LogP contribution >= 0.6 is 34.2 Å². The number of benzene rings is 3. The minimum Gasteiger partial charge on any atom is -0.493 e. The molecule has 3 aromatic rings. The van der Waals surface area contributed by atoms with Crippen LogP contribution < -0.4 is 29.7 Å². The molecule has 3 aromatic carbocycles. The van der Waals surface area contributed by atoms with E-state index < -0.39 is 5.91 Å². The third-order valence-corrected chi connectivity index (χ3v) is 6.45. The number of carbonyl (C=O) groups excluding carboxylic acids is 2.